The summed E-state index contributed by atoms with van der Waals surface area (Å²) >= 11 is 0. The number of amides is 2. The fourth-order valence-electron chi connectivity index (χ4n) is 1.68. The second-order valence-electron chi connectivity index (χ2n) is 4.32. The van der Waals surface area contributed by atoms with Crippen LogP contribution in [-0.4, -0.2) is 47.0 Å². The summed E-state index contributed by atoms with van der Waals surface area (Å²) in [5, 5.41) is 6.93. The first-order valence-corrected chi connectivity index (χ1v) is 5.86. The number of carbonyl (C=O) groups is 1. The van der Waals surface area contributed by atoms with Crippen molar-refractivity contribution in [2.45, 2.75) is 19.9 Å². The van der Waals surface area contributed by atoms with Gasteiger partial charge in [-0.05, 0) is 13.8 Å². The Morgan fingerprint density at radius 2 is 2.41 bits per heavy atom. The summed E-state index contributed by atoms with van der Waals surface area (Å²) < 4.78 is 7.39. The highest BCUT2D eigenvalue weighted by molar-refractivity contribution is 5.76. The number of ether oxygens (including phenoxy) is 1. The maximum absolute atomic E-state index is 11.3. The van der Waals surface area contributed by atoms with E-state index in [1.807, 2.05) is 10.9 Å². The lowest BCUT2D eigenvalue weighted by Gasteiger charge is -2.13. The molecule has 1 aliphatic rings. The molecule has 1 N–H and O–H groups in total. The van der Waals surface area contributed by atoms with Crippen LogP contribution in [0.25, 0.3) is 0 Å². The van der Waals surface area contributed by atoms with Gasteiger partial charge in [-0.3, -0.25) is 4.68 Å². The number of nitrogens with zero attached hydrogens (tertiary/aromatic N) is 3. The molecule has 0 saturated carbocycles. The highest BCUT2D eigenvalue weighted by atomic mass is 16.5. The maximum Gasteiger partial charge on any atom is 0.317 e. The first kappa shape index (κ1) is 11.8. The minimum atomic E-state index is -0.00789. The number of hydrogen-bond acceptors (Lipinski definition) is 3. The lowest BCUT2D eigenvalue weighted by atomic mass is 10.4. The minimum Gasteiger partial charge on any atom is -0.488 e. The molecule has 1 fully saturated rings. The van der Waals surface area contributed by atoms with E-state index in [0.717, 1.165) is 18.8 Å². The molecule has 1 aliphatic heterocycles. The Hall–Kier alpha value is -1.72. The van der Waals surface area contributed by atoms with Gasteiger partial charge in [0.15, 0.2) is 5.75 Å². The summed E-state index contributed by atoms with van der Waals surface area (Å²) in [6.45, 7) is 6.71. The lowest BCUT2D eigenvalue weighted by Crippen LogP contribution is -2.31. The highest BCUT2D eigenvalue weighted by Crippen LogP contribution is 2.12. The van der Waals surface area contributed by atoms with E-state index in [-0.39, 0.29) is 6.03 Å². The average Bonchev–Trinajstić information content (AvgIpc) is 2.89. The van der Waals surface area contributed by atoms with Crippen molar-refractivity contribution in [1.29, 1.82) is 0 Å². The van der Waals surface area contributed by atoms with Crippen molar-refractivity contribution in [1.82, 2.24) is 20.0 Å². The summed E-state index contributed by atoms with van der Waals surface area (Å²) in [4.78, 5) is 13.0. The number of nitrogens with one attached hydrogen (secondary N) is 1. The quantitative estimate of drug-likeness (QED) is 0.828. The summed E-state index contributed by atoms with van der Waals surface area (Å²) in [6.07, 6.45) is 3.57. The lowest BCUT2D eigenvalue weighted by molar-refractivity contribution is 0.202. The van der Waals surface area contributed by atoms with E-state index in [1.165, 1.54) is 0 Å². The normalized spacial score (nSPS) is 15.5. The van der Waals surface area contributed by atoms with E-state index in [0.29, 0.717) is 19.2 Å². The Labute approximate surface area is 101 Å². The summed E-state index contributed by atoms with van der Waals surface area (Å²) in [6, 6.07) is 0.322. The second-order valence-corrected chi connectivity index (χ2v) is 4.32. The molecular formula is C11H18N4O2. The fourth-order valence-corrected chi connectivity index (χ4v) is 1.68. The highest BCUT2D eigenvalue weighted by Gasteiger charge is 2.18. The largest absolute Gasteiger partial charge is 0.488 e. The zero-order valence-corrected chi connectivity index (χ0v) is 10.2. The molecule has 0 spiro atoms. The van der Waals surface area contributed by atoms with E-state index >= 15 is 0 Å². The monoisotopic (exact) mass is 238 g/mol. The molecule has 1 aromatic heterocycles. The Morgan fingerprint density at radius 1 is 1.59 bits per heavy atom. The first-order chi connectivity index (χ1) is 8.16. The number of carbonyl (C=O) groups excluding carboxylic acids is 1. The molecule has 0 aromatic carbocycles. The summed E-state index contributed by atoms with van der Waals surface area (Å²) in [7, 11) is 0. The maximum atomic E-state index is 11.3. The van der Waals surface area contributed by atoms with Gasteiger partial charge in [-0.1, -0.05) is 0 Å². The van der Waals surface area contributed by atoms with Crippen LogP contribution in [0.4, 0.5) is 4.79 Å². The van der Waals surface area contributed by atoms with Crippen molar-refractivity contribution < 1.29 is 9.53 Å². The molecule has 0 atom stereocenters. The Balaban J connectivity index is 1.76. The van der Waals surface area contributed by atoms with Gasteiger partial charge in [-0.2, -0.15) is 5.10 Å². The summed E-state index contributed by atoms with van der Waals surface area (Å²) in [5.74, 6) is 0.748. The topological polar surface area (TPSA) is 59.4 Å². The van der Waals surface area contributed by atoms with E-state index in [9.17, 15) is 4.79 Å². The van der Waals surface area contributed by atoms with Gasteiger partial charge in [-0.25, -0.2) is 4.79 Å². The van der Waals surface area contributed by atoms with E-state index in [4.69, 9.17) is 4.74 Å². The second kappa shape index (κ2) is 5.07. The Kier molecular flexibility index (Phi) is 3.51. The third-order valence-corrected chi connectivity index (χ3v) is 2.68. The van der Waals surface area contributed by atoms with Gasteiger partial charge in [0, 0.05) is 19.1 Å². The average molecular weight is 238 g/mol. The molecule has 6 heteroatoms. The molecule has 17 heavy (non-hydrogen) atoms. The zero-order chi connectivity index (χ0) is 12.3. The van der Waals surface area contributed by atoms with Gasteiger partial charge in [-0.15, -0.1) is 0 Å². The molecule has 1 aromatic rings. The Bertz CT molecular complexity index is 389. The van der Waals surface area contributed by atoms with Crippen LogP contribution in [0.5, 0.6) is 5.75 Å². The van der Waals surface area contributed by atoms with Crippen LogP contribution in [0.3, 0.4) is 0 Å². The predicted octanol–water partition coefficient (Wildman–Crippen LogP) is 0.868. The molecule has 6 nitrogen and oxygen atoms in total. The van der Waals surface area contributed by atoms with Crippen molar-refractivity contribution in [3.05, 3.63) is 12.4 Å². The molecule has 94 valence electrons. The van der Waals surface area contributed by atoms with Gasteiger partial charge >= 0.3 is 6.03 Å². The molecule has 2 heterocycles. The third kappa shape index (κ3) is 2.89. The van der Waals surface area contributed by atoms with E-state index in [2.05, 4.69) is 24.3 Å². The van der Waals surface area contributed by atoms with Gasteiger partial charge < -0.3 is 15.0 Å². The molecule has 1 saturated heterocycles. The summed E-state index contributed by atoms with van der Waals surface area (Å²) in [5.41, 5.74) is 0. The molecule has 0 bridgehead atoms. The molecule has 0 radical (unpaired) electrons. The van der Waals surface area contributed by atoms with Crippen molar-refractivity contribution >= 4 is 6.03 Å². The molecular weight excluding hydrogens is 220 g/mol. The SMILES string of the molecule is CC(C)n1cc(OCCN2CCNC2=O)cn1. The molecule has 2 amide bonds. The van der Waals surface area contributed by atoms with Crippen LogP contribution in [-0.2, 0) is 0 Å². The van der Waals surface area contributed by atoms with Gasteiger partial charge in [0.05, 0.1) is 18.9 Å². The molecule has 2 rings (SSSR count). The van der Waals surface area contributed by atoms with Crippen molar-refractivity contribution in [3.8, 4) is 5.75 Å². The number of hydrogen-bond donors (Lipinski definition) is 1. The van der Waals surface area contributed by atoms with E-state index < -0.39 is 0 Å². The smallest absolute Gasteiger partial charge is 0.317 e. The van der Waals surface area contributed by atoms with Crippen molar-refractivity contribution in [2.24, 2.45) is 0 Å². The van der Waals surface area contributed by atoms with Crippen molar-refractivity contribution in [3.63, 3.8) is 0 Å². The van der Waals surface area contributed by atoms with Crippen molar-refractivity contribution in [2.75, 3.05) is 26.2 Å². The zero-order valence-electron chi connectivity index (χ0n) is 10.2. The van der Waals surface area contributed by atoms with Crippen LogP contribution >= 0.6 is 0 Å². The first-order valence-electron chi connectivity index (χ1n) is 5.86. The third-order valence-electron chi connectivity index (χ3n) is 2.68. The standard InChI is InChI=1S/C11H18N4O2/c1-9(2)15-8-10(7-13-15)17-6-5-14-4-3-12-11(14)16/h7-9H,3-6H2,1-2H3,(H,12,16). The van der Waals surface area contributed by atoms with Crippen LogP contribution in [0.2, 0.25) is 0 Å². The number of aromatic nitrogens is 2. The van der Waals surface area contributed by atoms with Crippen LogP contribution in [0, 0.1) is 0 Å². The van der Waals surface area contributed by atoms with Gasteiger partial charge in [0.25, 0.3) is 0 Å². The number of urea groups is 1. The number of rotatable bonds is 5. The van der Waals surface area contributed by atoms with Crippen LogP contribution in [0.1, 0.15) is 19.9 Å². The molecule has 0 aliphatic carbocycles. The van der Waals surface area contributed by atoms with E-state index in [1.54, 1.807) is 11.1 Å². The fraction of sp³-hybridized carbons (Fsp3) is 0.636. The predicted molar refractivity (Wildman–Crippen MR) is 63.1 cm³/mol. The Morgan fingerprint density at radius 3 is 3.00 bits per heavy atom. The van der Waals surface area contributed by atoms with Gasteiger partial charge in [0.2, 0.25) is 0 Å². The minimum absolute atomic E-state index is 0.00789. The van der Waals surface area contributed by atoms with Gasteiger partial charge in [0.1, 0.15) is 6.61 Å². The van der Waals surface area contributed by atoms with Crippen LogP contribution in [0.15, 0.2) is 12.4 Å². The van der Waals surface area contributed by atoms with Crippen LogP contribution < -0.4 is 10.1 Å². The molecule has 0 unspecified atom stereocenters.